The molecule has 108 valence electrons. The zero-order valence-electron chi connectivity index (χ0n) is 12.0. The lowest BCUT2D eigenvalue weighted by Crippen LogP contribution is -2.06. The molecule has 0 amide bonds. The van der Waals surface area contributed by atoms with Crippen LogP contribution >= 0.6 is 15.9 Å². The highest BCUT2D eigenvalue weighted by Gasteiger charge is 2.26. The SMILES string of the molecule is CCOC(=O)c1cccc2c1-c1ccc(Br)c3cccc-2c13. The highest BCUT2D eigenvalue weighted by Crippen LogP contribution is 2.49. The van der Waals surface area contributed by atoms with Crippen LogP contribution in [-0.2, 0) is 4.74 Å². The topological polar surface area (TPSA) is 26.3 Å². The molecular formula is C19H13BrO2. The maximum absolute atomic E-state index is 12.3. The lowest BCUT2D eigenvalue weighted by Gasteiger charge is -2.09. The molecule has 0 aromatic heterocycles. The maximum Gasteiger partial charge on any atom is 0.338 e. The van der Waals surface area contributed by atoms with Crippen LogP contribution in [0.15, 0.2) is 53.0 Å². The van der Waals surface area contributed by atoms with Gasteiger partial charge >= 0.3 is 5.97 Å². The largest absolute Gasteiger partial charge is 0.462 e. The molecule has 0 radical (unpaired) electrons. The maximum atomic E-state index is 12.3. The molecule has 0 saturated carbocycles. The molecular weight excluding hydrogens is 340 g/mol. The summed E-state index contributed by atoms with van der Waals surface area (Å²) in [5.74, 6) is -0.261. The monoisotopic (exact) mass is 352 g/mol. The van der Waals surface area contributed by atoms with E-state index in [1.54, 1.807) is 0 Å². The van der Waals surface area contributed by atoms with Crippen LogP contribution in [0, 0.1) is 0 Å². The standard InChI is InChI=1S/C19H13BrO2/c1-2-22-19(21)15-8-4-6-12-11-5-3-7-13-16(20)10-9-14(17(11)13)18(12)15/h3-10H,2H2,1H3. The van der Waals surface area contributed by atoms with Gasteiger partial charge in [0.1, 0.15) is 0 Å². The predicted molar refractivity (Wildman–Crippen MR) is 92.0 cm³/mol. The summed E-state index contributed by atoms with van der Waals surface area (Å²) in [7, 11) is 0. The van der Waals surface area contributed by atoms with Crippen LogP contribution in [0.3, 0.4) is 0 Å². The van der Waals surface area contributed by atoms with Gasteiger partial charge in [-0.2, -0.15) is 0 Å². The summed E-state index contributed by atoms with van der Waals surface area (Å²) in [5, 5.41) is 2.37. The van der Waals surface area contributed by atoms with Crippen molar-refractivity contribution in [2.45, 2.75) is 6.92 Å². The number of halogens is 1. The Labute approximate surface area is 136 Å². The predicted octanol–water partition coefficient (Wildman–Crippen LogP) is 5.43. The molecule has 0 aliphatic heterocycles. The Bertz CT molecular complexity index is 928. The van der Waals surface area contributed by atoms with Crippen LogP contribution in [0.5, 0.6) is 0 Å². The number of esters is 1. The Morgan fingerprint density at radius 2 is 1.77 bits per heavy atom. The number of carbonyl (C=O) groups is 1. The fourth-order valence-corrected chi connectivity index (χ4v) is 3.71. The minimum Gasteiger partial charge on any atom is -0.462 e. The average Bonchev–Trinajstić information content (AvgIpc) is 2.87. The number of rotatable bonds is 2. The lowest BCUT2D eigenvalue weighted by molar-refractivity contribution is 0.0527. The summed E-state index contributed by atoms with van der Waals surface area (Å²) in [6.07, 6.45) is 0. The number of hydrogen-bond acceptors (Lipinski definition) is 2. The van der Waals surface area contributed by atoms with Gasteiger partial charge in [-0.25, -0.2) is 4.79 Å². The molecule has 3 aromatic carbocycles. The lowest BCUT2D eigenvalue weighted by atomic mass is 9.98. The van der Waals surface area contributed by atoms with Crippen molar-refractivity contribution in [1.29, 1.82) is 0 Å². The molecule has 0 fully saturated rings. The first-order valence-corrected chi connectivity index (χ1v) is 8.03. The molecule has 0 atom stereocenters. The summed E-state index contributed by atoms with van der Waals surface area (Å²) in [4.78, 5) is 12.3. The van der Waals surface area contributed by atoms with Gasteiger partial charge in [0.05, 0.1) is 12.2 Å². The highest BCUT2D eigenvalue weighted by atomic mass is 79.9. The van der Waals surface area contributed by atoms with E-state index < -0.39 is 0 Å². The van der Waals surface area contributed by atoms with Crippen molar-refractivity contribution in [1.82, 2.24) is 0 Å². The van der Waals surface area contributed by atoms with Crippen LogP contribution in [0.2, 0.25) is 0 Å². The first-order valence-electron chi connectivity index (χ1n) is 7.24. The van der Waals surface area contributed by atoms with Gasteiger partial charge in [-0.05, 0) is 46.5 Å². The van der Waals surface area contributed by atoms with Gasteiger partial charge in [-0.3, -0.25) is 0 Å². The van der Waals surface area contributed by atoms with E-state index >= 15 is 0 Å². The number of ether oxygens (including phenoxy) is 1. The van der Waals surface area contributed by atoms with Gasteiger partial charge in [0, 0.05) is 10.0 Å². The molecule has 0 unspecified atom stereocenters. The van der Waals surface area contributed by atoms with Crippen LogP contribution in [0.25, 0.3) is 33.0 Å². The van der Waals surface area contributed by atoms with Gasteiger partial charge < -0.3 is 4.74 Å². The van der Waals surface area contributed by atoms with Crippen LogP contribution in [0.4, 0.5) is 0 Å². The second-order valence-corrected chi connectivity index (χ2v) is 6.13. The summed E-state index contributed by atoms with van der Waals surface area (Å²) in [5.41, 5.74) is 5.01. The molecule has 3 aromatic rings. The van der Waals surface area contributed by atoms with Gasteiger partial charge in [-0.1, -0.05) is 52.3 Å². The molecule has 0 saturated heterocycles. The fraction of sp³-hybridized carbons (Fsp3) is 0.105. The number of benzene rings is 3. The van der Waals surface area contributed by atoms with Crippen molar-refractivity contribution in [2.24, 2.45) is 0 Å². The highest BCUT2D eigenvalue weighted by molar-refractivity contribution is 9.10. The molecule has 0 bridgehead atoms. The van der Waals surface area contributed by atoms with E-state index in [0.717, 1.165) is 21.2 Å². The minimum atomic E-state index is -0.261. The fourth-order valence-electron chi connectivity index (χ4n) is 3.25. The molecule has 22 heavy (non-hydrogen) atoms. The van der Waals surface area contributed by atoms with Crippen molar-refractivity contribution in [3.05, 3.63) is 58.6 Å². The normalized spacial score (nSPS) is 11.5. The van der Waals surface area contributed by atoms with Crippen LogP contribution in [-0.4, -0.2) is 12.6 Å². The second kappa shape index (κ2) is 4.96. The summed E-state index contributed by atoms with van der Waals surface area (Å²) in [6.45, 7) is 2.21. The Morgan fingerprint density at radius 1 is 1.00 bits per heavy atom. The van der Waals surface area contributed by atoms with Crippen molar-refractivity contribution in [3.63, 3.8) is 0 Å². The van der Waals surface area contributed by atoms with E-state index in [1.165, 1.54) is 16.3 Å². The van der Waals surface area contributed by atoms with Crippen molar-refractivity contribution >= 4 is 32.7 Å². The Kier molecular flexibility index (Phi) is 3.05. The second-order valence-electron chi connectivity index (χ2n) is 5.27. The molecule has 0 heterocycles. The van der Waals surface area contributed by atoms with E-state index in [1.807, 2.05) is 25.1 Å². The van der Waals surface area contributed by atoms with Crippen LogP contribution < -0.4 is 0 Å². The molecule has 0 N–H and O–H groups in total. The quantitative estimate of drug-likeness (QED) is 0.450. The van der Waals surface area contributed by atoms with Crippen molar-refractivity contribution < 1.29 is 9.53 Å². The first-order chi connectivity index (χ1) is 10.7. The molecule has 1 aliphatic carbocycles. The smallest absolute Gasteiger partial charge is 0.338 e. The molecule has 2 nitrogen and oxygen atoms in total. The van der Waals surface area contributed by atoms with Crippen molar-refractivity contribution in [2.75, 3.05) is 6.61 Å². The molecule has 4 rings (SSSR count). The van der Waals surface area contributed by atoms with E-state index in [9.17, 15) is 4.79 Å². The summed E-state index contributed by atoms with van der Waals surface area (Å²) >= 11 is 3.62. The molecule has 1 aliphatic rings. The average molecular weight is 353 g/mol. The third-order valence-electron chi connectivity index (χ3n) is 4.11. The number of hydrogen-bond donors (Lipinski definition) is 0. The van der Waals surface area contributed by atoms with Crippen LogP contribution in [0.1, 0.15) is 17.3 Å². The van der Waals surface area contributed by atoms with E-state index in [-0.39, 0.29) is 5.97 Å². The van der Waals surface area contributed by atoms with E-state index in [4.69, 9.17) is 4.74 Å². The van der Waals surface area contributed by atoms with E-state index in [0.29, 0.717) is 12.2 Å². The first kappa shape index (κ1) is 13.5. The summed E-state index contributed by atoms with van der Waals surface area (Å²) < 4.78 is 6.29. The number of fused-ring (bicyclic) bond motifs is 3. The molecule has 3 heteroatoms. The molecule has 0 spiro atoms. The van der Waals surface area contributed by atoms with Gasteiger partial charge in [0.15, 0.2) is 0 Å². The Morgan fingerprint density at radius 3 is 2.59 bits per heavy atom. The van der Waals surface area contributed by atoms with Gasteiger partial charge in [0.2, 0.25) is 0 Å². The van der Waals surface area contributed by atoms with E-state index in [2.05, 4.69) is 46.3 Å². The summed E-state index contributed by atoms with van der Waals surface area (Å²) in [6, 6.07) is 16.2. The zero-order chi connectivity index (χ0) is 15.3. The zero-order valence-corrected chi connectivity index (χ0v) is 13.6. The Hall–Kier alpha value is -2.13. The third kappa shape index (κ3) is 1.75. The van der Waals surface area contributed by atoms with Gasteiger partial charge in [0.25, 0.3) is 0 Å². The van der Waals surface area contributed by atoms with Gasteiger partial charge in [-0.15, -0.1) is 0 Å². The minimum absolute atomic E-state index is 0.261. The third-order valence-corrected chi connectivity index (χ3v) is 4.80. The van der Waals surface area contributed by atoms with Crippen molar-refractivity contribution in [3.8, 4) is 22.3 Å². The number of carbonyl (C=O) groups excluding carboxylic acids is 1. The Balaban J connectivity index is 2.09.